The van der Waals surface area contributed by atoms with Crippen molar-refractivity contribution >= 4 is 28.9 Å². The summed E-state index contributed by atoms with van der Waals surface area (Å²) in [6.45, 7) is 4.00. The summed E-state index contributed by atoms with van der Waals surface area (Å²) in [5.41, 5.74) is 1.34. The first-order chi connectivity index (χ1) is 8.61. The average molecular weight is 282 g/mol. The second kappa shape index (κ2) is 5.50. The third kappa shape index (κ3) is 2.71. The number of aromatic nitrogens is 1. The minimum Gasteiger partial charge on any atom is -0.461 e. The number of rotatable bonds is 3. The highest BCUT2D eigenvalue weighted by atomic mass is 35.5. The zero-order valence-electron chi connectivity index (χ0n) is 10.1. The maximum absolute atomic E-state index is 11.7. The van der Waals surface area contributed by atoms with Gasteiger partial charge in [0.25, 0.3) is 0 Å². The van der Waals surface area contributed by atoms with Gasteiger partial charge in [-0.05, 0) is 26.0 Å². The Kier molecular flexibility index (Phi) is 3.99. The summed E-state index contributed by atoms with van der Waals surface area (Å²) in [6.07, 6.45) is 0. The summed E-state index contributed by atoms with van der Waals surface area (Å²) < 4.78 is 4.96. The standard InChI is InChI=1S/C13H12ClNO2S/c1-3-17-13(16)11-8(2)18-12(15-11)9-4-6-10(14)7-5-9/h4-7H,3H2,1-2H3. The fraction of sp³-hybridized carbons (Fsp3) is 0.231. The quantitative estimate of drug-likeness (QED) is 0.800. The van der Waals surface area contributed by atoms with Crippen LogP contribution in [0.3, 0.4) is 0 Å². The largest absolute Gasteiger partial charge is 0.461 e. The lowest BCUT2D eigenvalue weighted by atomic mass is 10.2. The Morgan fingerprint density at radius 3 is 2.67 bits per heavy atom. The number of hydrogen-bond acceptors (Lipinski definition) is 4. The molecular formula is C13H12ClNO2S. The van der Waals surface area contributed by atoms with E-state index in [0.717, 1.165) is 15.4 Å². The average Bonchev–Trinajstić information content (AvgIpc) is 2.72. The maximum Gasteiger partial charge on any atom is 0.358 e. The molecule has 5 heteroatoms. The first-order valence-corrected chi connectivity index (χ1v) is 6.71. The molecule has 0 saturated carbocycles. The number of benzene rings is 1. The van der Waals surface area contributed by atoms with Gasteiger partial charge in [0, 0.05) is 15.5 Å². The van der Waals surface area contributed by atoms with Crippen LogP contribution in [0.25, 0.3) is 10.6 Å². The monoisotopic (exact) mass is 281 g/mol. The molecule has 2 rings (SSSR count). The number of halogens is 1. The van der Waals surface area contributed by atoms with E-state index in [2.05, 4.69) is 4.98 Å². The molecule has 0 spiro atoms. The van der Waals surface area contributed by atoms with E-state index in [1.54, 1.807) is 19.1 Å². The second-order valence-corrected chi connectivity index (χ2v) is 5.29. The van der Waals surface area contributed by atoms with Crippen molar-refractivity contribution in [3.8, 4) is 10.6 Å². The van der Waals surface area contributed by atoms with Crippen LogP contribution in [0, 0.1) is 6.92 Å². The van der Waals surface area contributed by atoms with Crippen molar-refractivity contribution in [1.29, 1.82) is 0 Å². The van der Waals surface area contributed by atoms with Gasteiger partial charge in [0.05, 0.1) is 6.61 Å². The summed E-state index contributed by atoms with van der Waals surface area (Å²) in [4.78, 5) is 16.9. The summed E-state index contributed by atoms with van der Waals surface area (Å²) in [6, 6.07) is 7.38. The highest BCUT2D eigenvalue weighted by Gasteiger charge is 2.17. The molecule has 0 radical (unpaired) electrons. The van der Waals surface area contributed by atoms with Gasteiger partial charge >= 0.3 is 5.97 Å². The maximum atomic E-state index is 11.7. The van der Waals surface area contributed by atoms with Crippen molar-refractivity contribution in [3.05, 3.63) is 39.9 Å². The van der Waals surface area contributed by atoms with Crippen molar-refractivity contribution in [2.45, 2.75) is 13.8 Å². The number of carbonyl (C=O) groups is 1. The normalized spacial score (nSPS) is 10.4. The highest BCUT2D eigenvalue weighted by Crippen LogP contribution is 2.28. The van der Waals surface area contributed by atoms with Gasteiger partial charge in [-0.3, -0.25) is 0 Å². The molecule has 0 saturated heterocycles. The van der Waals surface area contributed by atoms with Crippen LogP contribution >= 0.6 is 22.9 Å². The number of hydrogen-bond donors (Lipinski definition) is 0. The smallest absolute Gasteiger partial charge is 0.358 e. The van der Waals surface area contributed by atoms with E-state index in [4.69, 9.17) is 16.3 Å². The number of aryl methyl sites for hydroxylation is 1. The fourth-order valence-electron chi connectivity index (χ4n) is 1.50. The fourth-order valence-corrected chi connectivity index (χ4v) is 2.53. The van der Waals surface area contributed by atoms with Gasteiger partial charge in [-0.2, -0.15) is 0 Å². The van der Waals surface area contributed by atoms with Crippen LogP contribution in [0.4, 0.5) is 0 Å². The van der Waals surface area contributed by atoms with Gasteiger partial charge in [0.2, 0.25) is 0 Å². The van der Waals surface area contributed by atoms with Gasteiger partial charge in [0.15, 0.2) is 5.69 Å². The van der Waals surface area contributed by atoms with Gasteiger partial charge in [-0.25, -0.2) is 9.78 Å². The third-order valence-corrected chi connectivity index (χ3v) is 3.63. The van der Waals surface area contributed by atoms with E-state index < -0.39 is 0 Å². The molecule has 1 heterocycles. The number of carbonyl (C=O) groups excluding carboxylic acids is 1. The van der Waals surface area contributed by atoms with E-state index in [-0.39, 0.29) is 5.97 Å². The predicted molar refractivity (Wildman–Crippen MR) is 73.3 cm³/mol. The summed E-state index contributed by atoms with van der Waals surface area (Å²) in [5, 5.41) is 1.48. The van der Waals surface area contributed by atoms with Gasteiger partial charge in [-0.1, -0.05) is 23.7 Å². The van der Waals surface area contributed by atoms with Crippen molar-refractivity contribution in [1.82, 2.24) is 4.98 Å². The number of thiazole rings is 1. The molecule has 0 N–H and O–H groups in total. The molecule has 1 aromatic heterocycles. The first-order valence-electron chi connectivity index (χ1n) is 5.52. The summed E-state index contributed by atoms with van der Waals surface area (Å²) in [5.74, 6) is -0.369. The Morgan fingerprint density at radius 2 is 2.06 bits per heavy atom. The predicted octanol–water partition coefficient (Wildman–Crippen LogP) is 3.95. The Balaban J connectivity index is 2.34. The summed E-state index contributed by atoms with van der Waals surface area (Å²) in [7, 11) is 0. The molecule has 3 nitrogen and oxygen atoms in total. The molecule has 0 amide bonds. The zero-order valence-corrected chi connectivity index (χ0v) is 11.6. The van der Waals surface area contributed by atoms with E-state index in [1.165, 1.54) is 11.3 Å². The van der Waals surface area contributed by atoms with E-state index in [9.17, 15) is 4.79 Å². The Morgan fingerprint density at radius 1 is 1.39 bits per heavy atom. The highest BCUT2D eigenvalue weighted by molar-refractivity contribution is 7.15. The van der Waals surface area contributed by atoms with Gasteiger partial charge < -0.3 is 4.74 Å². The van der Waals surface area contributed by atoms with Crippen molar-refractivity contribution in [2.75, 3.05) is 6.61 Å². The second-order valence-electron chi connectivity index (χ2n) is 3.65. The van der Waals surface area contributed by atoms with E-state index >= 15 is 0 Å². The molecule has 0 atom stereocenters. The molecule has 0 aliphatic rings. The van der Waals surface area contributed by atoms with E-state index in [1.807, 2.05) is 19.1 Å². The van der Waals surface area contributed by atoms with Crippen LogP contribution in [0.5, 0.6) is 0 Å². The number of ether oxygens (including phenoxy) is 1. The SMILES string of the molecule is CCOC(=O)c1nc(-c2ccc(Cl)cc2)sc1C. The molecule has 0 aliphatic carbocycles. The van der Waals surface area contributed by atoms with Crippen LogP contribution in [0.1, 0.15) is 22.3 Å². The molecule has 0 unspecified atom stereocenters. The topological polar surface area (TPSA) is 39.2 Å². The van der Waals surface area contributed by atoms with Crippen molar-refractivity contribution < 1.29 is 9.53 Å². The molecule has 94 valence electrons. The Labute approximate surface area is 114 Å². The lowest BCUT2D eigenvalue weighted by molar-refractivity contribution is 0.0519. The van der Waals surface area contributed by atoms with Crippen molar-refractivity contribution in [2.24, 2.45) is 0 Å². The number of nitrogens with zero attached hydrogens (tertiary/aromatic N) is 1. The van der Waals surface area contributed by atoms with Crippen LogP contribution in [-0.4, -0.2) is 17.6 Å². The zero-order chi connectivity index (χ0) is 13.1. The molecule has 1 aromatic carbocycles. The van der Waals surface area contributed by atoms with Crippen LogP contribution in [0.2, 0.25) is 5.02 Å². The van der Waals surface area contributed by atoms with Crippen LogP contribution in [0.15, 0.2) is 24.3 Å². The molecule has 0 bridgehead atoms. The van der Waals surface area contributed by atoms with Gasteiger partial charge in [-0.15, -0.1) is 11.3 Å². The van der Waals surface area contributed by atoms with Gasteiger partial charge in [0.1, 0.15) is 5.01 Å². The van der Waals surface area contributed by atoms with Crippen LogP contribution < -0.4 is 0 Å². The molecular weight excluding hydrogens is 270 g/mol. The molecule has 18 heavy (non-hydrogen) atoms. The molecule has 2 aromatic rings. The minimum atomic E-state index is -0.369. The lowest BCUT2D eigenvalue weighted by Crippen LogP contribution is -2.06. The van der Waals surface area contributed by atoms with Crippen LogP contribution in [-0.2, 0) is 4.74 Å². The Hall–Kier alpha value is -1.39. The van der Waals surface area contributed by atoms with Crippen molar-refractivity contribution in [3.63, 3.8) is 0 Å². The van der Waals surface area contributed by atoms with E-state index in [0.29, 0.717) is 17.3 Å². The molecule has 0 fully saturated rings. The number of esters is 1. The summed E-state index contributed by atoms with van der Waals surface area (Å²) >= 11 is 7.31. The first kappa shape index (κ1) is 13.1. The lowest BCUT2D eigenvalue weighted by Gasteiger charge is -1.98. The third-order valence-electron chi connectivity index (χ3n) is 2.36. The Bertz CT molecular complexity index is 563. The minimum absolute atomic E-state index is 0.353. The molecule has 0 aliphatic heterocycles.